The first-order valence-electron chi connectivity index (χ1n) is 5.03. The molecular weight excluding hydrogens is 226 g/mol. The summed E-state index contributed by atoms with van der Waals surface area (Å²) in [7, 11) is 3.91. The molecule has 5 nitrogen and oxygen atoms in total. The standard InChI is InChI=1S/C10H17N3O2S/c1-7-9(16-6-12-7)8(10(14)15)11-4-5-13(2)3/h6,8,11H,4-5H2,1-3H3,(H,14,15). The highest BCUT2D eigenvalue weighted by molar-refractivity contribution is 7.10. The SMILES string of the molecule is Cc1ncsc1C(NCCN(C)C)C(=O)O. The molecular formula is C10H17N3O2S. The Morgan fingerprint density at radius 2 is 2.38 bits per heavy atom. The summed E-state index contributed by atoms with van der Waals surface area (Å²) in [6.07, 6.45) is 0. The van der Waals surface area contributed by atoms with Crippen LogP contribution in [0.25, 0.3) is 0 Å². The van der Waals surface area contributed by atoms with E-state index in [1.165, 1.54) is 11.3 Å². The van der Waals surface area contributed by atoms with Gasteiger partial charge in [-0.3, -0.25) is 10.1 Å². The molecule has 0 amide bonds. The van der Waals surface area contributed by atoms with Crippen LogP contribution in [0, 0.1) is 6.92 Å². The van der Waals surface area contributed by atoms with Gasteiger partial charge in [0.2, 0.25) is 0 Å². The van der Waals surface area contributed by atoms with Crippen LogP contribution in [-0.4, -0.2) is 48.1 Å². The maximum atomic E-state index is 11.1. The minimum atomic E-state index is -0.855. The van der Waals surface area contributed by atoms with E-state index >= 15 is 0 Å². The van der Waals surface area contributed by atoms with E-state index in [9.17, 15) is 4.79 Å². The average molecular weight is 243 g/mol. The zero-order valence-corrected chi connectivity index (χ0v) is 10.5. The summed E-state index contributed by atoms with van der Waals surface area (Å²) in [4.78, 5) is 18.0. The fourth-order valence-electron chi connectivity index (χ4n) is 1.31. The predicted octanol–water partition coefficient (Wildman–Crippen LogP) is 0.728. The highest BCUT2D eigenvalue weighted by Crippen LogP contribution is 2.21. The molecule has 0 aromatic carbocycles. The fourth-order valence-corrected chi connectivity index (χ4v) is 2.18. The van der Waals surface area contributed by atoms with Crippen molar-refractivity contribution in [2.75, 3.05) is 27.2 Å². The van der Waals surface area contributed by atoms with Gasteiger partial charge in [-0.15, -0.1) is 11.3 Å². The summed E-state index contributed by atoms with van der Waals surface area (Å²) in [5, 5.41) is 12.2. The van der Waals surface area contributed by atoms with Crippen molar-refractivity contribution in [3.63, 3.8) is 0 Å². The third kappa shape index (κ3) is 3.55. The Morgan fingerprint density at radius 1 is 1.69 bits per heavy atom. The van der Waals surface area contributed by atoms with Crippen molar-refractivity contribution in [2.45, 2.75) is 13.0 Å². The summed E-state index contributed by atoms with van der Waals surface area (Å²) in [6, 6.07) is -0.646. The average Bonchev–Trinajstić information content (AvgIpc) is 2.58. The van der Waals surface area contributed by atoms with Gasteiger partial charge >= 0.3 is 5.97 Å². The first-order valence-corrected chi connectivity index (χ1v) is 5.91. The number of rotatable bonds is 6. The molecule has 90 valence electrons. The lowest BCUT2D eigenvalue weighted by molar-refractivity contribution is -0.139. The van der Waals surface area contributed by atoms with Crippen molar-refractivity contribution in [1.82, 2.24) is 15.2 Å². The number of likely N-dealkylation sites (N-methyl/N-ethyl adjacent to an activating group) is 1. The molecule has 0 aliphatic carbocycles. The molecule has 1 heterocycles. The number of nitrogens with zero attached hydrogens (tertiary/aromatic N) is 2. The Bertz CT molecular complexity index is 352. The van der Waals surface area contributed by atoms with E-state index in [1.54, 1.807) is 5.51 Å². The topological polar surface area (TPSA) is 65.5 Å². The van der Waals surface area contributed by atoms with Crippen molar-refractivity contribution >= 4 is 17.3 Å². The van der Waals surface area contributed by atoms with Gasteiger partial charge in [-0.2, -0.15) is 0 Å². The summed E-state index contributed by atoms with van der Waals surface area (Å²) >= 11 is 1.38. The van der Waals surface area contributed by atoms with Crippen LogP contribution >= 0.6 is 11.3 Å². The third-order valence-electron chi connectivity index (χ3n) is 2.20. The lowest BCUT2D eigenvalue weighted by Gasteiger charge is -2.15. The maximum Gasteiger partial charge on any atom is 0.326 e. The third-order valence-corrected chi connectivity index (χ3v) is 3.20. The Kier molecular flexibility index (Phi) is 4.85. The molecule has 0 aliphatic rings. The van der Waals surface area contributed by atoms with Crippen LogP contribution in [0.15, 0.2) is 5.51 Å². The number of carboxylic acid groups (broad SMARTS) is 1. The number of carboxylic acids is 1. The van der Waals surface area contributed by atoms with Crippen molar-refractivity contribution in [3.8, 4) is 0 Å². The second kappa shape index (κ2) is 5.93. The molecule has 0 aliphatic heterocycles. The Morgan fingerprint density at radius 3 is 2.81 bits per heavy atom. The van der Waals surface area contributed by atoms with Gasteiger partial charge in [-0.05, 0) is 21.0 Å². The Balaban J connectivity index is 2.62. The number of aryl methyl sites for hydroxylation is 1. The van der Waals surface area contributed by atoms with Crippen molar-refractivity contribution in [3.05, 3.63) is 16.1 Å². The van der Waals surface area contributed by atoms with Gasteiger partial charge in [0, 0.05) is 13.1 Å². The number of aliphatic carboxylic acids is 1. The largest absolute Gasteiger partial charge is 0.480 e. The number of thiazole rings is 1. The van der Waals surface area contributed by atoms with Crippen molar-refractivity contribution in [1.29, 1.82) is 0 Å². The van der Waals surface area contributed by atoms with Gasteiger partial charge in [0.25, 0.3) is 0 Å². The molecule has 0 bridgehead atoms. The number of carbonyl (C=O) groups is 1. The van der Waals surface area contributed by atoms with Gasteiger partial charge in [0.15, 0.2) is 0 Å². The smallest absolute Gasteiger partial charge is 0.326 e. The monoisotopic (exact) mass is 243 g/mol. The lowest BCUT2D eigenvalue weighted by Crippen LogP contribution is -2.33. The maximum absolute atomic E-state index is 11.1. The highest BCUT2D eigenvalue weighted by atomic mass is 32.1. The highest BCUT2D eigenvalue weighted by Gasteiger charge is 2.22. The quantitative estimate of drug-likeness (QED) is 0.771. The molecule has 0 saturated carbocycles. The fraction of sp³-hybridized carbons (Fsp3) is 0.600. The van der Waals surface area contributed by atoms with E-state index in [-0.39, 0.29) is 0 Å². The molecule has 0 radical (unpaired) electrons. The number of hydrogen-bond acceptors (Lipinski definition) is 5. The van der Waals surface area contributed by atoms with Crippen molar-refractivity contribution < 1.29 is 9.90 Å². The van der Waals surface area contributed by atoms with E-state index in [2.05, 4.69) is 10.3 Å². The van der Waals surface area contributed by atoms with Crippen LogP contribution in [0.1, 0.15) is 16.6 Å². The summed E-state index contributed by atoms with van der Waals surface area (Å²) in [5.74, 6) is -0.855. The van der Waals surface area contributed by atoms with E-state index in [0.717, 1.165) is 17.1 Å². The van der Waals surface area contributed by atoms with Crippen molar-refractivity contribution in [2.24, 2.45) is 0 Å². The van der Waals surface area contributed by atoms with Gasteiger partial charge in [-0.1, -0.05) is 0 Å². The summed E-state index contributed by atoms with van der Waals surface area (Å²) in [6.45, 7) is 3.28. The zero-order chi connectivity index (χ0) is 12.1. The number of nitrogens with one attached hydrogen (secondary N) is 1. The molecule has 0 fully saturated rings. The van der Waals surface area contributed by atoms with Crippen LogP contribution < -0.4 is 5.32 Å². The first-order chi connectivity index (χ1) is 7.52. The van der Waals surface area contributed by atoms with Gasteiger partial charge < -0.3 is 10.0 Å². The molecule has 1 atom stereocenters. The minimum Gasteiger partial charge on any atom is -0.480 e. The number of aromatic nitrogens is 1. The molecule has 0 spiro atoms. The molecule has 1 rings (SSSR count). The molecule has 0 saturated heterocycles. The van der Waals surface area contributed by atoms with Crippen LogP contribution in [0.4, 0.5) is 0 Å². The molecule has 16 heavy (non-hydrogen) atoms. The second-order valence-corrected chi connectivity index (χ2v) is 4.72. The van der Waals surface area contributed by atoms with E-state index in [0.29, 0.717) is 6.54 Å². The van der Waals surface area contributed by atoms with Gasteiger partial charge in [0.05, 0.1) is 16.1 Å². The van der Waals surface area contributed by atoms with Crippen LogP contribution in [-0.2, 0) is 4.79 Å². The van der Waals surface area contributed by atoms with Gasteiger partial charge in [0.1, 0.15) is 6.04 Å². The van der Waals surface area contributed by atoms with E-state index in [4.69, 9.17) is 5.11 Å². The second-order valence-electron chi connectivity index (χ2n) is 3.83. The minimum absolute atomic E-state index is 0.640. The Labute approximate surface area is 99.1 Å². The molecule has 1 aromatic heterocycles. The van der Waals surface area contributed by atoms with E-state index in [1.807, 2.05) is 25.9 Å². The van der Waals surface area contributed by atoms with E-state index < -0.39 is 12.0 Å². The normalized spacial score (nSPS) is 13.0. The van der Waals surface area contributed by atoms with Crippen LogP contribution in [0.2, 0.25) is 0 Å². The van der Waals surface area contributed by atoms with Crippen LogP contribution in [0.3, 0.4) is 0 Å². The summed E-state index contributed by atoms with van der Waals surface area (Å²) < 4.78 is 0. The molecule has 6 heteroatoms. The number of hydrogen-bond donors (Lipinski definition) is 2. The summed E-state index contributed by atoms with van der Waals surface area (Å²) in [5.41, 5.74) is 2.46. The molecule has 1 aromatic rings. The van der Waals surface area contributed by atoms with Crippen LogP contribution in [0.5, 0.6) is 0 Å². The first kappa shape index (κ1) is 13.1. The predicted molar refractivity (Wildman–Crippen MR) is 63.8 cm³/mol. The lowest BCUT2D eigenvalue weighted by atomic mass is 10.2. The Hall–Kier alpha value is -0.980. The van der Waals surface area contributed by atoms with Gasteiger partial charge in [-0.25, -0.2) is 4.98 Å². The zero-order valence-electron chi connectivity index (χ0n) is 9.73. The molecule has 1 unspecified atom stereocenters. The molecule has 2 N–H and O–H groups in total.